The van der Waals surface area contributed by atoms with E-state index in [-0.39, 0.29) is 0 Å². The first-order valence-electron chi connectivity index (χ1n) is 4.37. The average molecular weight is 199 g/mol. The van der Waals surface area contributed by atoms with Crippen molar-refractivity contribution in [3.63, 3.8) is 0 Å². The zero-order valence-corrected chi connectivity index (χ0v) is 8.73. The van der Waals surface area contributed by atoms with Crippen molar-refractivity contribution in [2.24, 2.45) is 0 Å². The molecule has 0 aliphatic heterocycles. The van der Waals surface area contributed by atoms with Crippen LogP contribution in [0.4, 0.5) is 5.69 Å². The second kappa shape index (κ2) is 4.49. The predicted octanol–water partition coefficient (Wildman–Crippen LogP) is 2.42. The standard InChI is InChI=1S/C10H15ClN2/c1-7(2)13-6-8-3-4-9(11)10(12)5-8/h3-5,7,13H,6,12H2,1-2H3. The van der Waals surface area contributed by atoms with Crippen molar-refractivity contribution in [2.75, 3.05) is 5.73 Å². The van der Waals surface area contributed by atoms with Crippen molar-refractivity contribution in [1.29, 1.82) is 0 Å². The zero-order valence-electron chi connectivity index (χ0n) is 7.97. The van der Waals surface area contributed by atoms with Crippen LogP contribution in [0.5, 0.6) is 0 Å². The lowest BCUT2D eigenvalue weighted by Crippen LogP contribution is -2.21. The molecule has 2 nitrogen and oxygen atoms in total. The summed E-state index contributed by atoms with van der Waals surface area (Å²) in [6, 6.07) is 6.19. The Labute approximate surface area is 84.1 Å². The molecule has 0 aromatic heterocycles. The number of halogens is 1. The van der Waals surface area contributed by atoms with Crippen LogP contribution in [0.25, 0.3) is 0 Å². The second-order valence-corrected chi connectivity index (χ2v) is 3.80. The SMILES string of the molecule is CC(C)NCc1ccc(Cl)c(N)c1. The fraction of sp³-hybridized carbons (Fsp3) is 0.400. The Kier molecular flexibility index (Phi) is 3.58. The van der Waals surface area contributed by atoms with Crippen LogP contribution in [0.15, 0.2) is 18.2 Å². The first-order valence-corrected chi connectivity index (χ1v) is 4.74. The maximum atomic E-state index is 5.80. The third-order valence-corrected chi connectivity index (χ3v) is 2.12. The molecule has 1 aromatic carbocycles. The largest absolute Gasteiger partial charge is 0.398 e. The number of anilines is 1. The molecule has 0 heterocycles. The summed E-state index contributed by atoms with van der Waals surface area (Å²) in [5.74, 6) is 0. The Bertz CT molecular complexity index is 284. The van der Waals surface area contributed by atoms with Gasteiger partial charge in [0.1, 0.15) is 0 Å². The van der Waals surface area contributed by atoms with E-state index < -0.39 is 0 Å². The summed E-state index contributed by atoms with van der Waals surface area (Å²) in [5, 5.41) is 3.93. The van der Waals surface area contributed by atoms with Crippen molar-refractivity contribution in [1.82, 2.24) is 5.32 Å². The van der Waals surface area contributed by atoms with Crippen LogP contribution in [-0.4, -0.2) is 6.04 Å². The van der Waals surface area contributed by atoms with Gasteiger partial charge in [0.05, 0.1) is 10.7 Å². The minimum atomic E-state index is 0.483. The summed E-state index contributed by atoms with van der Waals surface area (Å²) in [6.45, 7) is 5.05. The van der Waals surface area contributed by atoms with Crippen molar-refractivity contribution >= 4 is 17.3 Å². The number of nitrogens with two attached hydrogens (primary N) is 1. The molecule has 0 saturated carbocycles. The molecule has 0 aliphatic rings. The predicted molar refractivity (Wildman–Crippen MR) is 57.8 cm³/mol. The summed E-state index contributed by atoms with van der Waals surface area (Å²) >= 11 is 5.80. The molecule has 1 rings (SSSR count). The van der Waals surface area contributed by atoms with Gasteiger partial charge in [-0.1, -0.05) is 31.5 Å². The molecule has 0 saturated heterocycles. The monoisotopic (exact) mass is 198 g/mol. The molecule has 3 heteroatoms. The van der Waals surface area contributed by atoms with Gasteiger partial charge in [0.25, 0.3) is 0 Å². The number of hydrogen-bond donors (Lipinski definition) is 2. The second-order valence-electron chi connectivity index (χ2n) is 3.39. The van der Waals surface area contributed by atoms with E-state index in [4.69, 9.17) is 17.3 Å². The number of nitrogen functional groups attached to an aromatic ring is 1. The first-order chi connectivity index (χ1) is 6.09. The number of nitrogens with one attached hydrogen (secondary N) is 1. The molecule has 0 aliphatic carbocycles. The van der Waals surface area contributed by atoms with E-state index in [0.29, 0.717) is 16.8 Å². The smallest absolute Gasteiger partial charge is 0.0635 e. The normalized spacial score (nSPS) is 10.8. The van der Waals surface area contributed by atoms with E-state index in [0.717, 1.165) is 12.1 Å². The third-order valence-electron chi connectivity index (χ3n) is 1.77. The van der Waals surface area contributed by atoms with Gasteiger partial charge >= 0.3 is 0 Å². The van der Waals surface area contributed by atoms with E-state index in [1.807, 2.05) is 18.2 Å². The van der Waals surface area contributed by atoms with Crippen molar-refractivity contribution in [3.05, 3.63) is 28.8 Å². The lowest BCUT2D eigenvalue weighted by Gasteiger charge is -2.08. The zero-order chi connectivity index (χ0) is 9.84. The van der Waals surface area contributed by atoms with Crippen LogP contribution >= 0.6 is 11.6 Å². The van der Waals surface area contributed by atoms with Crippen LogP contribution < -0.4 is 11.1 Å². The van der Waals surface area contributed by atoms with Gasteiger partial charge in [-0.05, 0) is 17.7 Å². The van der Waals surface area contributed by atoms with Gasteiger partial charge in [-0.25, -0.2) is 0 Å². The summed E-state index contributed by atoms with van der Waals surface area (Å²) in [4.78, 5) is 0. The molecule has 3 N–H and O–H groups in total. The molecule has 1 aromatic rings. The summed E-state index contributed by atoms with van der Waals surface area (Å²) in [7, 11) is 0. The topological polar surface area (TPSA) is 38.0 Å². The quantitative estimate of drug-likeness (QED) is 0.733. The van der Waals surface area contributed by atoms with E-state index in [2.05, 4.69) is 19.2 Å². The lowest BCUT2D eigenvalue weighted by atomic mass is 10.2. The van der Waals surface area contributed by atoms with Crippen LogP contribution in [0.1, 0.15) is 19.4 Å². The van der Waals surface area contributed by atoms with Gasteiger partial charge in [-0.15, -0.1) is 0 Å². The number of hydrogen-bond acceptors (Lipinski definition) is 2. The summed E-state index contributed by atoms with van der Waals surface area (Å²) < 4.78 is 0. The Morgan fingerprint density at radius 2 is 2.15 bits per heavy atom. The van der Waals surface area contributed by atoms with Gasteiger partial charge in [0.2, 0.25) is 0 Å². The highest BCUT2D eigenvalue weighted by Gasteiger charge is 1.98. The first kappa shape index (κ1) is 10.4. The van der Waals surface area contributed by atoms with Gasteiger partial charge < -0.3 is 11.1 Å². The van der Waals surface area contributed by atoms with E-state index in [1.54, 1.807) is 0 Å². The van der Waals surface area contributed by atoms with Crippen molar-refractivity contribution in [2.45, 2.75) is 26.4 Å². The molecule has 0 bridgehead atoms. The van der Waals surface area contributed by atoms with Crippen molar-refractivity contribution in [3.8, 4) is 0 Å². The molecular formula is C10H15ClN2. The van der Waals surface area contributed by atoms with Gasteiger partial charge in [0, 0.05) is 12.6 Å². The molecule has 0 spiro atoms. The van der Waals surface area contributed by atoms with Gasteiger partial charge in [-0.2, -0.15) is 0 Å². The van der Waals surface area contributed by atoms with Crippen LogP contribution in [0, 0.1) is 0 Å². The Morgan fingerprint density at radius 1 is 1.46 bits per heavy atom. The Balaban J connectivity index is 2.63. The highest BCUT2D eigenvalue weighted by Crippen LogP contribution is 2.19. The molecule has 0 fully saturated rings. The highest BCUT2D eigenvalue weighted by atomic mass is 35.5. The fourth-order valence-electron chi connectivity index (χ4n) is 1.03. The van der Waals surface area contributed by atoms with E-state index >= 15 is 0 Å². The van der Waals surface area contributed by atoms with Gasteiger partial charge in [-0.3, -0.25) is 0 Å². The van der Waals surface area contributed by atoms with Crippen LogP contribution in [0.2, 0.25) is 5.02 Å². The molecule has 72 valence electrons. The maximum Gasteiger partial charge on any atom is 0.0635 e. The third kappa shape index (κ3) is 3.25. The fourth-order valence-corrected chi connectivity index (χ4v) is 1.14. The van der Waals surface area contributed by atoms with Crippen LogP contribution in [0.3, 0.4) is 0 Å². The molecule has 0 radical (unpaired) electrons. The molecule has 0 amide bonds. The van der Waals surface area contributed by atoms with Crippen molar-refractivity contribution < 1.29 is 0 Å². The van der Waals surface area contributed by atoms with E-state index in [9.17, 15) is 0 Å². The molecule has 0 atom stereocenters. The molecule has 0 unspecified atom stereocenters. The lowest BCUT2D eigenvalue weighted by molar-refractivity contribution is 0.589. The minimum Gasteiger partial charge on any atom is -0.398 e. The van der Waals surface area contributed by atoms with Crippen LogP contribution in [-0.2, 0) is 6.54 Å². The number of rotatable bonds is 3. The summed E-state index contributed by atoms with van der Waals surface area (Å²) in [6.07, 6.45) is 0. The average Bonchev–Trinajstić information content (AvgIpc) is 2.07. The Morgan fingerprint density at radius 3 is 2.69 bits per heavy atom. The number of benzene rings is 1. The minimum absolute atomic E-state index is 0.483. The Hall–Kier alpha value is -0.730. The van der Waals surface area contributed by atoms with E-state index in [1.165, 1.54) is 0 Å². The summed E-state index contributed by atoms with van der Waals surface area (Å²) in [5.41, 5.74) is 7.47. The maximum absolute atomic E-state index is 5.80. The van der Waals surface area contributed by atoms with Gasteiger partial charge in [0.15, 0.2) is 0 Å². The molecule has 13 heavy (non-hydrogen) atoms. The highest BCUT2D eigenvalue weighted by molar-refractivity contribution is 6.33. The molecular weight excluding hydrogens is 184 g/mol.